The van der Waals surface area contributed by atoms with Gasteiger partial charge in [-0.1, -0.05) is 112 Å². The summed E-state index contributed by atoms with van der Waals surface area (Å²) in [6.07, 6.45) is 0.603. The third-order valence-corrected chi connectivity index (χ3v) is 7.71. The summed E-state index contributed by atoms with van der Waals surface area (Å²) < 4.78 is 5.38. The Morgan fingerprint density at radius 3 is 1.68 bits per heavy atom. The molecule has 0 saturated heterocycles. The smallest absolute Gasteiger partial charge is 0.683 e. The van der Waals surface area contributed by atoms with E-state index in [4.69, 9.17) is 10.1 Å². The van der Waals surface area contributed by atoms with E-state index in [1.807, 2.05) is 97.1 Å². The summed E-state index contributed by atoms with van der Waals surface area (Å²) >= 11 is 0. The van der Waals surface area contributed by atoms with Crippen LogP contribution >= 0.6 is 0 Å². The van der Waals surface area contributed by atoms with E-state index in [1.165, 1.54) is 11.1 Å². The number of nitrogens with zero attached hydrogens (tertiary/aromatic N) is 1. The first-order chi connectivity index (χ1) is 23.7. The summed E-state index contributed by atoms with van der Waals surface area (Å²) in [5.41, 5.74) is 7.66. The minimum atomic E-state index is -0.523. The predicted octanol–water partition coefficient (Wildman–Crippen LogP) is 10.6. The number of hydrogen-bond acceptors (Lipinski definition) is 4. The minimum absolute atomic E-state index is 0. The van der Waals surface area contributed by atoms with Gasteiger partial charge in [-0.05, 0) is 48.5 Å². The van der Waals surface area contributed by atoms with Crippen molar-refractivity contribution in [3.63, 3.8) is 0 Å². The van der Waals surface area contributed by atoms with Gasteiger partial charge in [0.05, 0.1) is 0 Å². The first-order valence-corrected chi connectivity index (χ1v) is 16.9. The molecular formula is C44H51N2O3Zr+. The number of phenols is 1. The van der Waals surface area contributed by atoms with Crippen molar-refractivity contribution in [1.29, 1.82) is 0 Å². The third kappa shape index (κ3) is 14.7. The summed E-state index contributed by atoms with van der Waals surface area (Å²) in [6, 6.07) is 40.9. The quantitative estimate of drug-likeness (QED) is 0.0757. The topological polar surface area (TPSA) is 72.7 Å². The van der Waals surface area contributed by atoms with Gasteiger partial charge in [-0.25, -0.2) is 4.79 Å². The van der Waals surface area contributed by atoms with Crippen LogP contribution in [-0.4, -0.2) is 30.7 Å². The predicted molar refractivity (Wildman–Crippen MR) is 205 cm³/mol. The molecule has 0 amide bonds. The van der Waals surface area contributed by atoms with Crippen LogP contribution in [0.25, 0.3) is 5.32 Å². The van der Waals surface area contributed by atoms with Crippen molar-refractivity contribution in [3.05, 3.63) is 186 Å². The maximum atomic E-state index is 12.5. The molecule has 0 heterocycles. The van der Waals surface area contributed by atoms with Gasteiger partial charge in [0.1, 0.15) is 17.9 Å². The summed E-state index contributed by atoms with van der Waals surface area (Å²) in [7, 11) is 0. The van der Waals surface area contributed by atoms with Crippen LogP contribution in [0.3, 0.4) is 0 Å². The van der Waals surface area contributed by atoms with E-state index in [0.717, 1.165) is 34.5 Å². The molecule has 0 saturated carbocycles. The van der Waals surface area contributed by atoms with Crippen LogP contribution in [-0.2, 0) is 44.0 Å². The molecular weight excluding hydrogens is 696 g/mol. The van der Waals surface area contributed by atoms with Gasteiger partial charge in [-0.2, -0.15) is 49.2 Å². The van der Waals surface area contributed by atoms with Gasteiger partial charge in [0, 0.05) is 0 Å². The first kappa shape index (κ1) is 41.9. The number of benzene rings is 5. The Labute approximate surface area is 319 Å². The first-order valence-electron chi connectivity index (χ1n) is 16.9. The summed E-state index contributed by atoms with van der Waals surface area (Å²) in [6.45, 7) is 18.5. The second-order valence-corrected chi connectivity index (χ2v) is 12.3. The van der Waals surface area contributed by atoms with Gasteiger partial charge in [0.25, 0.3) is 0 Å². The van der Waals surface area contributed by atoms with Crippen molar-refractivity contribution < 1.29 is 40.8 Å². The van der Waals surface area contributed by atoms with Gasteiger partial charge in [0.15, 0.2) is 0 Å². The second-order valence-electron chi connectivity index (χ2n) is 12.3. The molecule has 0 aliphatic rings. The molecule has 0 bridgehead atoms. The summed E-state index contributed by atoms with van der Waals surface area (Å²) in [5.74, 6) is 0.319. The van der Waals surface area contributed by atoms with Crippen LogP contribution in [0.1, 0.15) is 83.3 Å². The van der Waals surface area contributed by atoms with E-state index in [0.29, 0.717) is 31.3 Å². The number of phenolic OH excluding ortho intramolecular Hbond substituents is 1. The van der Waals surface area contributed by atoms with E-state index >= 15 is 0 Å². The Balaban J connectivity index is 0.000000475. The molecule has 2 N–H and O–H groups in total. The zero-order valence-electron chi connectivity index (χ0n) is 29.9. The van der Waals surface area contributed by atoms with Gasteiger partial charge in [-0.3, -0.25) is 0 Å². The Morgan fingerprint density at radius 1 is 0.700 bits per heavy atom. The van der Waals surface area contributed by atoms with E-state index < -0.39 is 5.97 Å². The molecule has 6 heteroatoms. The van der Waals surface area contributed by atoms with Crippen LogP contribution in [0.5, 0.6) is 5.75 Å². The fourth-order valence-corrected chi connectivity index (χ4v) is 5.00. The maximum Gasteiger partial charge on any atom is 4.00 e. The monoisotopic (exact) mass is 745 g/mol. The second kappa shape index (κ2) is 23.2. The van der Waals surface area contributed by atoms with E-state index in [1.54, 1.807) is 12.1 Å². The molecule has 5 aromatic carbocycles. The molecule has 0 aliphatic carbocycles. The average molecular weight is 747 g/mol. The molecule has 5 aromatic rings. The minimum Gasteiger partial charge on any atom is -0.683 e. The molecule has 50 heavy (non-hydrogen) atoms. The molecule has 0 aliphatic heterocycles. The van der Waals surface area contributed by atoms with Crippen molar-refractivity contribution in [3.8, 4) is 5.75 Å². The normalized spacial score (nSPS) is 10.2. The zero-order valence-corrected chi connectivity index (χ0v) is 32.4. The van der Waals surface area contributed by atoms with Gasteiger partial charge < -0.3 is 20.5 Å². The Morgan fingerprint density at radius 2 is 1.20 bits per heavy atom. The van der Waals surface area contributed by atoms with Crippen molar-refractivity contribution in [2.45, 2.75) is 52.6 Å². The van der Waals surface area contributed by atoms with Crippen molar-refractivity contribution in [2.75, 3.05) is 19.6 Å². The van der Waals surface area contributed by atoms with E-state index in [2.05, 4.69) is 65.1 Å². The van der Waals surface area contributed by atoms with E-state index in [-0.39, 0.29) is 44.1 Å². The van der Waals surface area contributed by atoms with Crippen molar-refractivity contribution >= 4 is 11.7 Å². The average Bonchev–Trinajstić information content (AvgIpc) is 3.11. The fourth-order valence-electron chi connectivity index (χ4n) is 5.00. The SMILES string of the molecule is CC(C)c1cccc(C(C)C)c1[N-]CCNCCc1cccc(C(=O)OCc2ccccc2)c1O.[CH2-]c1ccccc1.[CH2-]c1ccccc1.[Zr+4]. The fraction of sp³-hybridized carbons (Fsp3) is 0.250. The standard InChI is InChI=1S/C30H37N2O3.2C7H7.Zr/c1-21(2)25-13-9-14-26(22(3)4)28(25)32-19-18-31-17-16-24-12-8-15-27(29(24)33)30(34)35-20-23-10-6-5-7-11-23;2*1-7-5-3-2-4-6-7;/h5-15,21-22,31H,16-20H2,1-4H3,(H,33,34);2*2-6H,1H2;/q3*-1;+4. The number of carbonyl (C=O) groups excluding carboxylic acids is 1. The summed E-state index contributed by atoms with van der Waals surface area (Å²) in [5, 5.41) is 18.9. The molecule has 5 rings (SSSR count). The molecule has 0 atom stereocenters. The number of carbonyl (C=O) groups is 1. The summed E-state index contributed by atoms with van der Waals surface area (Å²) in [4.78, 5) is 12.5. The Bertz CT molecular complexity index is 1600. The largest absolute Gasteiger partial charge is 4.00 e. The number of esters is 1. The molecule has 5 nitrogen and oxygen atoms in total. The molecule has 258 valence electrons. The Kier molecular flexibility index (Phi) is 19.5. The Hall–Kier alpha value is -4.25. The third-order valence-electron chi connectivity index (χ3n) is 7.71. The van der Waals surface area contributed by atoms with Crippen LogP contribution in [0.15, 0.2) is 127 Å². The van der Waals surface area contributed by atoms with Gasteiger partial charge in [-0.15, -0.1) is 36.5 Å². The van der Waals surface area contributed by atoms with Crippen LogP contribution in [0, 0.1) is 13.8 Å². The number of nitrogens with one attached hydrogen (secondary N) is 1. The molecule has 0 radical (unpaired) electrons. The van der Waals surface area contributed by atoms with E-state index in [9.17, 15) is 9.90 Å². The van der Waals surface area contributed by atoms with Crippen molar-refractivity contribution in [1.82, 2.24) is 5.32 Å². The van der Waals surface area contributed by atoms with Crippen molar-refractivity contribution in [2.24, 2.45) is 0 Å². The number of hydrogen-bond donors (Lipinski definition) is 2. The zero-order chi connectivity index (χ0) is 35.4. The maximum absolute atomic E-state index is 12.5. The van der Waals surface area contributed by atoms with Crippen LogP contribution in [0.4, 0.5) is 5.69 Å². The number of rotatable bonds is 12. The number of para-hydroxylation sites is 2. The molecule has 0 unspecified atom stereocenters. The molecule has 0 fully saturated rings. The van der Waals surface area contributed by atoms with Gasteiger partial charge in [0.2, 0.25) is 0 Å². The van der Waals surface area contributed by atoms with Gasteiger partial charge >= 0.3 is 32.2 Å². The number of ether oxygens (including phenoxy) is 1. The van der Waals surface area contributed by atoms with Crippen LogP contribution < -0.4 is 5.32 Å². The van der Waals surface area contributed by atoms with Crippen LogP contribution in [0.2, 0.25) is 0 Å². The molecule has 0 aromatic heterocycles. The number of aromatic hydroxyl groups is 1. The molecule has 0 spiro atoms.